The Morgan fingerprint density at radius 3 is 2.50 bits per heavy atom. The Labute approximate surface area is 106 Å². The molecule has 96 valence electrons. The Morgan fingerprint density at radius 1 is 1.33 bits per heavy atom. The van der Waals surface area contributed by atoms with Crippen LogP contribution in [0.5, 0.6) is 0 Å². The van der Waals surface area contributed by atoms with Gasteiger partial charge in [0, 0.05) is 5.69 Å². The van der Waals surface area contributed by atoms with E-state index < -0.39 is 0 Å². The summed E-state index contributed by atoms with van der Waals surface area (Å²) in [6.45, 7) is 3.76. The first-order valence-electron chi connectivity index (χ1n) is 6.09. The molecule has 1 saturated carbocycles. The number of carbonyl (C=O) groups is 2. The fraction of sp³-hybridized carbons (Fsp3) is 0.429. The Kier molecular flexibility index (Phi) is 3.65. The smallest absolute Gasteiger partial charge is 0.309 e. The minimum atomic E-state index is -0.305. The quantitative estimate of drug-likeness (QED) is 0.829. The van der Waals surface area contributed by atoms with Crippen LogP contribution in [0.3, 0.4) is 0 Å². The number of anilines is 1. The molecule has 2 rings (SSSR count). The first kappa shape index (κ1) is 12.6. The number of aryl methyl sites for hydroxylation is 1. The molecule has 1 aliphatic rings. The number of rotatable bonds is 4. The lowest BCUT2D eigenvalue weighted by atomic mass is 10.2. The number of amides is 1. The van der Waals surface area contributed by atoms with Gasteiger partial charge in [-0.1, -0.05) is 24.6 Å². The van der Waals surface area contributed by atoms with Gasteiger partial charge < -0.3 is 10.1 Å². The van der Waals surface area contributed by atoms with Gasteiger partial charge in [-0.3, -0.25) is 9.59 Å². The number of benzene rings is 1. The fourth-order valence-corrected chi connectivity index (χ4v) is 1.73. The second-order valence-corrected chi connectivity index (χ2v) is 4.84. The number of hydrogen-bond acceptors (Lipinski definition) is 3. The molecule has 2 unspecified atom stereocenters. The van der Waals surface area contributed by atoms with E-state index in [1.165, 1.54) is 0 Å². The van der Waals surface area contributed by atoms with Gasteiger partial charge in [-0.05, 0) is 31.4 Å². The highest BCUT2D eigenvalue weighted by atomic mass is 16.5. The Bertz CT molecular complexity index is 453. The lowest BCUT2D eigenvalue weighted by Crippen LogP contribution is -2.21. The summed E-state index contributed by atoms with van der Waals surface area (Å²) < 4.78 is 4.94. The predicted molar refractivity (Wildman–Crippen MR) is 68.0 cm³/mol. The van der Waals surface area contributed by atoms with Crippen molar-refractivity contribution in [3.63, 3.8) is 0 Å². The highest BCUT2D eigenvalue weighted by Gasteiger charge is 2.40. The van der Waals surface area contributed by atoms with Gasteiger partial charge in [0.25, 0.3) is 5.91 Å². The molecule has 18 heavy (non-hydrogen) atoms. The molecule has 1 aromatic carbocycles. The maximum absolute atomic E-state index is 11.5. The van der Waals surface area contributed by atoms with Gasteiger partial charge in [-0.25, -0.2) is 0 Å². The molecule has 1 aromatic rings. The number of ether oxygens (including phenoxy) is 1. The molecule has 4 nitrogen and oxygen atoms in total. The third kappa shape index (κ3) is 3.32. The zero-order valence-corrected chi connectivity index (χ0v) is 10.6. The van der Waals surface area contributed by atoms with E-state index in [9.17, 15) is 9.59 Å². The van der Waals surface area contributed by atoms with Crippen LogP contribution in [0.25, 0.3) is 0 Å². The van der Waals surface area contributed by atoms with E-state index in [-0.39, 0.29) is 24.4 Å². The summed E-state index contributed by atoms with van der Waals surface area (Å²) in [6, 6.07) is 7.46. The van der Waals surface area contributed by atoms with E-state index in [0.29, 0.717) is 11.6 Å². The zero-order valence-electron chi connectivity index (χ0n) is 10.6. The molecule has 0 aliphatic heterocycles. The van der Waals surface area contributed by atoms with Gasteiger partial charge in [0.2, 0.25) is 0 Å². The van der Waals surface area contributed by atoms with Crippen molar-refractivity contribution in [2.24, 2.45) is 11.8 Å². The normalized spacial score (nSPS) is 21.2. The molecule has 1 amide bonds. The van der Waals surface area contributed by atoms with E-state index in [0.717, 1.165) is 12.0 Å². The van der Waals surface area contributed by atoms with Gasteiger partial charge in [0.15, 0.2) is 6.61 Å². The molecule has 1 fully saturated rings. The van der Waals surface area contributed by atoms with Crippen molar-refractivity contribution in [3.05, 3.63) is 29.8 Å². The lowest BCUT2D eigenvalue weighted by Gasteiger charge is -2.06. The van der Waals surface area contributed by atoms with Crippen molar-refractivity contribution < 1.29 is 14.3 Å². The standard InChI is InChI=1S/C14H17NO3/c1-9-3-5-11(6-4-9)15-13(16)8-18-14(17)12-7-10(12)2/h3-6,10,12H,7-8H2,1-2H3,(H,15,16). The molecular formula is C14H17NO3. The molecule has 1 N–H and O–H groups in total. The summed E-state index contributed by atoms with van der Waals surface area (Å²) in [5.74, 6) is -0.170. The summed E-state index contributed by atoms with van der Waals surface area (Å²) >= 11 is 0. The number of carbonyl (C=O) groups excluding carboxylic acids is 2. The van der Waals surface area contributed by atoms with Crippen molar-refractivity contribution in [1.29, 1.82) is 0 Å². The number of nitrogens with one attached hydrogen (secondary N) is 1. The second-order valence-electron chi connectivity index (χ2n) is 4.84. The summed E-state index contributed by atoms with van der Waals surface area (Å²) in [6.07, 6.45) is 0.873. The van der Waals surface area contributed by atoms with Crippen molar-refractivity contribution >= 4 is 17.6 Å². The zero-order chi connectivity index (χ0) is 13.1. The van der Waals surface area contributed by atoms with Crippen molar-refractivity contribution in [3.8, 4) is 0 Å². The van der Waals surface area contributed by atoms with Crippen LogP contribution >= 0.6 is 0 Å². The highest BCUT2D eigenvalue weighted by Crippen LogP contribution is 2.38. The van der Waals surface area contributed by atoms with E-state index in [1.54, 1.807) is 0 Å². The van der Waals surface area contributed by atoms with Crippen molar-refractivity contribution in [2.45, 2.75) is 20.3 Å². The molecule has 0 saturated heterocycles. The van der Waals surface area contributed by atoms with Crippen molar-refractivity contribution in [2.75, 3.05) is 11.9 Å². The van der Waals surface area contributed by atoms with Crippen LogP contribution in [0.15, 0.2) is 24.3 Å². The van der Waals surface area contributed by atoms with Crippen LogP contribution in [0.4, 0.5) is 5.69 Å². The Hall–Kier alpha value is -1.84. The van der Waals surface area contributed by atoms with E-state index in [1.807, 2.05) is 38.1 Å². The summed E-state index contributed by atoms with van der Waals surface area (Å²) in [7, 11) is 0. The Balaban J connectivity index is 1.75. The molecular weight excluding hydrogens is 230 g/mol. The largest absolute Gasteiger partial charge is 0.455 e. The first-order chi connectivity index (χ1) is 8.56. The fourth-order valence-electron chi connectivity index (χ4n) is 1.73. The third-order valence-corrected chi connectivity index (χ3v) is 3.09. The Morgan fingerprint density at radius 2 is 1.94 bits per heavy atom. The summed E-state index contributed by atoms with van der Waals surface area (Å²) in [4.78, 5) is 23.0. The van der Waals surface area contributed by atoms with Gasteiger partial charge in [0.1, 0.15) is 0 Å². The molecule has 1 aliphatic carbocycles. The average molecular weight is 247 g/mol. The van der Waals surface area contributed by atoms with E-state index >= 15 is 0 Å². The van der Waals surface area contributed by atoms with E-state index in [4.69, 9.17) is 4.74 Å². The maximum atomic E-state index is 11.5. The molecule has 0 spiro atoms. The van der Waals surface area contributed by atoms with Crippen LogP contribution in [0.1, 0.15) is 18.9 Å². The highest BCUT2D eigenvalue weighted by molar-refractivity contribution is 5.93. The predicted octanol–water partition coefficient (Wildman–Crippen LogP) is 2.13. The minimum Gasteiger partial charge on any atom is -0.455 e. The summed E-state index contributed by atoms with van der Waals surface area (Å²) in [5.41, 5.74) is 1.84. The SMILES string of the molecule is Cc1ccc(NC(=O)COC(=O)C2CC2C)cc1. The van der Waals surface area contributed by atoms with Gasteiger partial charge in [-0.2, -0.15) is 0 Å². The van der Waals surface area contributed by atoms with Crippen LogP contribution in [-0.4, -0.2) is 18.5 Å². The number of hydrogen-bond donors (Lipinski definition) is 1. The topological polar surface area (TPSA) is 55.4 Å². The molecule has 0 heterocycles. The van der Waals surface area contributed by atoms with Gasteiger partial charge in [0.05, 0.1) is 5.92 Å². The molecule has 2 atom stereocenters. The average Bonchev–Trinajstić information content (AvgIpc) is 3.06. The molecule has 4 heteroatoms. The van der Waals surface area contributed by atoms with Crippen LogP contribution in [0, 0.1) is 18.8 Å². The van der Waals surface area contributed by atoms with Crippen LogP contribution < -0.4 is 5.32 Å². The lowest BCUT2D eigenvalue weighted by molar-refractivity contribution is -0.148. The maximum Gasteiger partial charge on any atom is 0.309 e. The van der Waals surface area contributed by atoms with E-state index in [2.05, 4.69) is 5.32 Å². The molecule has 0 aromatic heterocycles. The van der Waals surface area contributed by atoms with Crippen LogP contribution in [0.2, 0.25) is 0 Å². The van der Waals surface area contributed by atoms with Crippen LogP contribution in [-0.2, 0) is 14.3 Å². The molecule has 0 bridgehead atoms. The van der Waals surface area contributed by atoms with Gasteiger partial charge in [-0.15, -0.1) is 0 Å². The monoisotopic (exact) mass is 247 g/mol. The number of esters is 1. The van der Waals surface area contributed by atoms with Gasteiger partial charge >= 0.3 is 5.97 Å². The summed E-state index contributed by atoms with van der Waals surface area (Å²) in [5, 5.41) is 2.68. The minimum absolute atomic E-state index is 0.00262. The third-order valence-electron chi connectivity index (χ3n) is 3.09. The van der Waals surface area contributed by atoms with Crippen molar-refractivity contribution in [1.82, 2.24) is 0 Å². The second kappa shape index (κ2) is 5.21. The first-order valence-corrected chi connectivity index (χ1v) is 6.09. The molecule has 0 radical (unpaired) electrons.